The summed E-state index contributed by atoms with van der Waals surface area (Å²) in [5, 5.41) is 11.0. The second kappa shape index (κ2) is 3.93. The zero-order valence-electron chi connectivity index (χ0n) is 7.95. The van der Waals surface area contributed by atoms with Crippen LogP contribution in [-0.4, -0.2) is 42.3 Å². The molecule has 6 nitrogen and oxygen atoms in total. The van der Waals surface area contributed by atoms with E-state index in [4.69, 9.17) is 10.8 Å². The summed E-state index contributed by atoms with van der Waals surface area (Å²) in [6.45, 7) is -0.0520. The van der Waals surface area contributed by atoms with Gasteiger partial charge in [-0.2, -0.15) is 0 Å². The van der Waals surface area contributed by atoms with E-state index in [2.05, 4.69) is 10.1 Å². The summed E-state index contributed by atoms with van der Waals surface area (Å²) in [5.74, 6) is -1.41. The number of methoxy groups -OCH3 is 1. The average Bonchev–Trinajstić information content (AvgIpc) is 2.85. The van der Waals surface area contributed by atoms with Crippen molar-refractivity contribution in [3.05, 3.63) is 0 Å². The highest BCUT2D eigenvalue weighted by Gasteiger charge is 2.45. The Balaban J connectivity index is 2.32. The average molecular weight is 202 g/mol. The molecule has 1 saturated carbocycles. The van der Waals surface area contributed by atoms with E-state index in [0.29, 0.717) is 12.8 Å². The molecule has 0 aromatic carbocycles. The number of ether oxygens (including phenoxy) is 1. The molecule has 0 aromatic rings. The van der Waals surface area contributed by atoms with Crippen molar-refractivity contribution in [2.45, 2.75) is 24.5 Å². The Morgan fingerprint density at radius 3 is 2.57 bits per heavy atom. The van der Waals surface area contributed by atoms with Crippen molar-refractivity contribution >= 4 is 11.9 Å². The van der Waals surface area contributed by atoms with Crippen LogP contribution in [0, 0.1) is 0 Å². The van der Waals surface area contributed by atoms with Gasteiger partial charge in [-0.3, -0.25) is 4.79 Å². The first-order valence-electron chi connectivity index (χ1n) is 4.32. The molecule has 6 heteroatoms. The number of rotatable bonds is 5. The molecule has 1 aliphatic carbocycles. The fourth-order valence-electron chi connectivity index (χ4n) is 0.995. The number of carbonyl (C=O) groups excluding carboxylic acids is 1. The Morgan fingerprint density at radius 1 is 1.64 bits per heavy atom. The van der Waals surface area contributed by atoms with Crippen LogP contribution in [0.4, 0.5) is 0 Å². The van der Waals surface area contributed by atoms with Crippen molar-refractivity contribution < 1.29 is 19.4 Å². The monoisotopic (exact) mass is 202 g/mol. The maximum atomic E-state index is 11.3. The van der Waals surface area contributed by atoms with Gasteiger partial charge in [0.05, 0.1) is 12.1 Å². The third kappa shape index (κ3) is 2.43. The minimum absolute atomic E-state index is 0.0520. The minimum atomic E-state index is -1.10. The molecule has 1 aliphatic rings. The van der Waals surface area contributed by atoms with Crippen LogP contribution < -0.4 is 11.1 Å². The quantitative estimate of drug-likeness (QED) is 0.514. The predicted octanol–water partition coefficient (Wildman–Crippen LogP) is -1.31. The molecule has 14 heavy (non-hydrogen) atoms. The van der Waals surface area contributed by atoms with Gasteiger partial charge in [0, 0.05) is 7.11 Å². The van der Waals surface area contributed by atoms with Crippen LogP contribution in [0.1, 0.15) is 12.8 Å². The lowest BCUT2D eigenvalue weighted by atomic mass is 10.2. The predicted molar refractivity (Wildman–Crippen MR) is 47.6 cm³/mol. The molecular formula is C8H14N2O4. The SMILES string of the molecule is COC(CNC(=O)C1(N)CC1)C(=O)O. The Kier molecular flexibility index (Phi) is 3.07. The molecule has 1 unspecified atom stereocenters. The van der Waals surface area contributed by atoms with Crippen LogP contribution in [0.5, 0.6) is 0 Å². The second-order valence-corrected chi connectivity index (χ2v) is 3.43. The summed E-state index contributed by atoms with van der Waals surface area (Å²) in [6.07, 6.45) is 0.300. The van der Waals surface area contributed by atoms with Crippen LogP contribution in [0.3, 0.4) is 0 Å². The number of nitrogens with two attached hydrogens (primary N) is 1. The lowest BCUT2D eigenvalue weighted by Crippen LogP contribution is -2.47. The van der Waals surface area contributed by atoms with Crippen molar-refractivity contribution in [1.82, 2.24) is 5.32 Å². The molecular weight excluding hydrogens is 188 g/mol. The van der Waals surface area contributed by atoms with Crippen LogP contribution >= 0.6 is 0 Å². The van der Waals surface area contributed by atoms with E-state index in [1.54, 1.807) is 0 Å². The summed E-state index contributed by atoms with van der Waals surface area (Å²) < 4.78 is 4.64. The second-order valence-electron chi connectivity index (χ2n) is 3.43. The Bertz CT molecular complexity index is 250. The number of carboxylic acids is 1. The van der Waals surface area contributed by atoms with Crippen LogP contribution in [-0.2, 0) is 14.3 Å². The van der Waals surface area contributed by atoms with Gasteiger partial charge < -0.3 is 20.9 Å². The molecule has 1 fully saturated rings. The van der Waals surface area contributed by atoms with Crippen molar-refractivity contribution in [3.63, 3.8) is 0 Å². The Hall–Kier alpha value is -1.14. The number of hydrogen-bond donors (Lipinski definition) is 3. The topological polar surface area (TPSA) is 102 Å². The number of hydrogen-bond acceptors (Lipinski definition) is 4. The van der Waals surface area contributed by atoms with Gasteiger partial charge in [0.25, 0.3) is 0 Å². The molecule has 1 atom stereocenters. The first-order chi connectivity index (χ1) is 6.49. The molecule has 0 bridgehead atoms. The van der Waals surface area contributed by atoms with Crippen molar-refractivity contribution in [2.24, 2.45) is 5.73 Å². The number of aliphatic carboxylic acids is 1. The maximum absolute atomic E-state index is 11.3. The zero-order valence-corrected chi connectivity index (χ0v) is 7.95. The summed E-state index contributed by atoms with van der Waals surface area (Å²) in [4.78, 5) is 21.8. The molecule has 80 valence electrons. The third-order valence-corrected chi connectivity index (χ3v) is 2.25. The van der Waals surface area contributed by atoms with E-state index in [9.17, 15) is 9.59 Å². The lowest BCUT2D eigenvalue weighted by Gasteiger charge is -2.13. The standard InChI is InChI=1S/C8H14N2O4/c1-14-5(6(11)12)4-10-7(13)8(9)2-3-8/h5H,2-4,9H2,1H3,(H,10,13)(H,11,12). The van der Waals surface area contributed by atoms with Gasteiger partial charge in [-0.05, 0) is 12.8 Å². The zero-order chi connectivity index (χ0) is 10.8. The maximum Gasteiger partial charge on any atom is 0.334 e. The molecule has 0 saturated heterocycles. The van der Waals surface area contributed by atoms with Gasteiger partial charge in [-0.1, -0.05) is 0 Å². The molecule has 4 N–H and O–H groups in total. The summed E-state index contributed by atoms with van der Waals surface area (Å²) in [5.41, 5.74) is 4.83. The number of amides is 1. The highest BCUT2D eigenvalue weighted by molar-refractivity contribution is 5.89. The summed E-state index contributed by atoms with van der Waals surface area (Å²) >= 11 is 0. The highest BCUT2D eigenvalue weighted by Crippen LogP contribution is 2.31. The van der Waals surface area contributed by atoms with Crippen molar-refractivity contribution in [3.8, 4) is 0 Å². The number of carboxylic acid groups (broad SMARTS) is 1. The van der Waals surface area contributed by atoms with E-state index in [0.717, 1.165) is 0 Å². The van der Waals surface area contributed by atoms with Crippen molar-refractivity contribution in [2.75, 3.05) is 13.7 Å². The van der Waals surface area contributed by atoms with Crippen LogP contribution in [0.2, 0.25) is 0 Å². The molecule has 0 aliphatic heterocycles. The first-order valence-corrected chi connectivity index (χ1v) is 4.32. The molecule has 0 radical (unpaired) electrons. The smallest absolute Gasteiger partial charge is 0.334 e. The van der Waals surface area contributed by atoms with Gasteiger partial charge in [-0.25, -0.2) is 4.79 Å². The van der Waals surface area contributed by atoms with E-state index >= 15 is 0 Å². The molecule has 0 aromatic heterocycles. The van der Waals surface area contributed by atoms with Gasteiger partial charge in [-0.15, -0.1) is 0 Å². The largest absolute Gasteiger partial charge is 0.479 e. The third-order valence-electron chi connectivity index (χ3n) is 2.25. The normalized spacial score (nSPS) is 19.9. The summed E-state index contributed by atoms with van der Waals surface area (Å²) in [6, 6.07) is 0. The van der Waals surface area contributed by atoms with E-state index in [1.165, 1.54) is 7.11 Å². The Labute approximate surface area is 81.4 Å². The fraction of sp³-hybridized carbons (Fsp3) is 0.750. The fourth-order valence-corrected chi connectivity index (χ4v) is 0.995. The van der Waals surface area contributed by atoms with Gasteiger partial charge in [0.2, 0.25) is 5.91 Å². The van der Waals surface area contributed by atoms with Gasteiger partial charge in [0.1, 0.15) is 0 Å². The molecule has 1 rings (SSSR count). The van der Waals surface area contributed by atoms with Gasteiger partial charge >= 0.3 is 5.97 Å². The molecule has 0 heterocycles. The molecule has 1 amide bonds. The van der Waals surface area contributed by atoms with Gasteiger partial charge in [0.15, 0.2) is 6.10 Å². The van der Waals surface area contributed by atoms with E-state index < -0.39 is 17.6 Å². The number of nitrogens with one attached hydrogen (secondary N) is 1. The lowest BCUT2D eigenvalue weighted by molar-refractivity contribution is -0.148. The Morgan fingerprint density at radius 2 is 2.21 bits per heavy atom. The minimum Gasteiger partial charge on any atom is -0.479 e. The summed E-state index contributed by atoms with van der Waals surface area (Å²) in [7, 11) is 1.28. The van der Waals surface area contributed by atoms with Crippen molar-refractivity contribution in [1.29, 1.82) is 0 Å². The molecule has 0 spiro atoms. The van der Waals surface area contributed by atoms with E-state index in [1.807, 2.05) is 0 Å². The van der Waals surface area contributed by atoms with E-state index in [-0.39, 0.29) is 12.5 Å². The number of carbonyl (C=O) groups is 2. The van der Waals surface area contributed by atoms with Crippen LogP contribution in [0.15, 0.2) is 0 Å². The first kappa shape index (κ1) is 10.9. The van der Waals surface area contributed by atoms with Crippen LogP contribution in [0.25, 0.3) is 0 Å². The highest BCUT2D eigenvalue weighted by atomic mass is 16.5.